The van der Waals surface area contributed by atoms with Gasteiger partial charge in [-0.15, -0.1) is 0 Å². The predicted molar refractivity (Wildman–Crippen MR) is 82.1 cm³/mol. The molecule has 0 aromatic heterocycles. The number of hydrogen-bond acceptors (Lipinski definition) is 5. The summed E-state index contributed by atoms with van der Waals surface area (Å²) in [6, 6.07) is 3.85. The van der Waals surface area contributed by atoms with Crippen molar-refractivity contribution in [2.75, 3.05) is 33.3 Å². The maximum absolute atomic E-state index is 12.7. The molecule has 1 saturated heterocycles. The Kier molecular flexibility index (Phi) is 6.00. The lowest BCUT2D eigenvalue weighted by Gasteiger charge is -2.35. The first-order valence-corrected chi connectivity index (χ1v) is 7.65. The summed E-state index contributed by atoms with van der Waals surface area (Å²) in [5.41, 5.74) is 0.274. The highest BCUT2D eigenvalue weighted by Gasteiger charge is 2.32. The summed E-state index contributed by atoms with van der Waals surface area (Å²) >= 11 is 0. The normalized spacial score (nSPS) is 17.5. The molecule has 6 nitrogen and oxygen atoms in total. The molecule has 1 atom stereocenters. The van der Waals surface area contributed by atoms with Gasteiger partial charge in [-0.1, -0.05) is 6.07 Å². The van der Waals surface area contributed by atoms with Crippen molar-refractivity contribution >= 4 is 5.69 Å². The lowest BCUT2D eigenvalue weighted by molar-refractivity contribution is -0.385. The van der Waals surface area contributed by atoms with Crippen LogP contribution in [-0.4, -0.2) is 49.3 Å². The number of alkyl halides is 3. The first-order chi connectivity index (χ1) is 11.3. The van der Waals surface area contributed by atoms with E-state index in [2.05, 4.69) is 5.32 Å². The van der Waals surface area contributed by atoms with E-state index >= 15 is 0 Å². The number of rotatable bonds is 6. The molecule has 1 aromatic rings. The summed E-state index contributed by atoms with van der Waals surface area (Å²) in [7, 11) is 1.32. The highest BCUT2D eigenvalue weighted by atomic mass is 19.4. The number of ether oxygens (including phenoxy) is 1. The zero-order chi connectivity index (χ0) is 17.7. The molecule has 1 aromatic carbocycles. The molecule has 9 heteroatoms. The average molecular weight is 347 g/mol. The Hall–Kier alpha value is -1.87. The quantitative estimate of drug-likeness (QED) is 0.633. The van der Waals surface area contributed by atoms with Gasteiger partial charge in [-0.05, 0) is 18.1 Å². The van der Waals surface area contributed by atoms with E-state index in [-0.39, 0.29) is 17.9 Å². The zero-order valence-corrected chi connectivity index (χ0v) is 13.3. The van der Waals surface area contributed by atoms with Crippen molar-refractivity contribution in [2.24, 2.45) is 0 Å². The molecule has 2 rings (SSSR count). The molecule has 1 aliphatic rings. The van der Waals surface area contributed by atoms with E-state index in [1.807, 2.05) is 4.90 Å². The van der Waals surface area contributed by atoms with Crippen LogP contribution < -0.4 is 10.1 Å². The Labute approximate surface area is 137 Å². The third-order valence-electron chi connectivity index (χ3n) is 4.08. The van der Waals surface area contributed by atoms with Gasteiger partial charge in [0.15, 0.2) is 5.75 Å². The minimum absolute atomic E-state index is 0.0960. The molecule has 134 valence electrons. The molecule has 0 saturated carbocycles. The van der Waals surface area contributed by atoms with Crippen LogP contribution in [-0.2, 0) is 0 Å². The minimum atomic E-state index is -4.26. The molecule has 1 aliphatic heterocycles. The molecule has 0 amide bonds. The molecule has 1 heterocycles. The number of nitrogens with zero attached hydrogens (tertiary/aromatic N) is 2. The highest BCUT2D eigenvalue weighted by Crippen LogP contribution is 2.36. The van der Waals surface area contributed by atoms with Crippen LogP contribution in [0.5, 0.6) is 5.75 Å². The lowest BCUT2D eigenvalue weighted by Crippen LogP contribution is -2.45. The van der Waals surface area contributed by atoms with Gasteiger partial charge < -0.3 is 10.1 Å². The number of hydrogen-bond donors (Lipinski definition) is 1. The van der Waals surface area contributed by atoms with Crippen LogP contribution in [0.4, 0.5) is 18.9 Å². The van der Waals surface area contributed by atoms with Crippen molar-refractivity contribution in [1.29, 1.82) is 0 Å². The van der Waals surface area contributed by atoms with Crippen molar-refractivity contribution in [1.82, 2.24) is 10.2 Å². The van der Waals surface area contributed by atoms with E-state index in [0.29, 0.717) is 31.7 Å². The first-order valence-electron chi connectivity index (χ1n) is 7.65. The summed E-state index contributed by atoms with van der Waals surface area (Å²) in [4.78, 5) is 12.5. The highest BCUT2D eigenvalue weighted by molar-refractivity contribution is 5.49. The summed E-state index contributed by atoms with van der Waals surface area (Å²) in [5.74, 6) is 0.0960. The van der Waals surface area contributed by atoms with Gasteiger partial charge >= 0.3 is 11.9 Å². The van der Waals surface area contributed by atoms with Gasteiger partial charge in [0.05, 0.1) is 12.0 Å². The topological polar surface area (TPSA) is 67.6 Å². The second-order valence-corrected chi connectivity index (χ2v) is 5.64. The number of methoxy groups -OCH3 is 1. The summed E-state index contributed by atoms with van der Waals surface area (Å²) in [6.07, 6.45) is -5.32. The number of nitrogens with one attached hydrogen (secondary N) is 1. The maximum atomic E-state index is 12.7. The Morgan fingerprint density at radius 1 is 1.38 bits per heavy atom. The van der Waals surface area contributed by atoms with Crippen molar-refractivity contribution in [3.05, 3.63) is 33.9 Å². The van der Waals surface area contributed by atoms with Crippen LogP contribution in [0.25, 0.3) is 0 Å². The van der Waals surface area contributed by atoms with Gasteiger partial charge in [0.25, 0.3) is 0 Å². The molecule has 1 fully saturated rings. The number of benzene rings is 1. The third-order valence-corrected chi connectivity index (χ3v) is 4.08. The van der Waals surface area contributed by atoms with Crippen molar-refractivity contribution < 1.29 is 22.8 Å². The van der Waals surface area contributed by atoms with E-state index in [9.17, 15) is 23.3 Å². The predicted octanol–water partition coefficient (Wildman–Crippen LogP) is 2.89. The van der Waals surface area contributed by atoms with Gasteiger partial charge in [-0.2, -0.15) is 13.2 Å². The first kappa shape index (κ1) is 18.5. The lowest BCUT2D eigenvalue weighted by atomic mass is 9.98. The fourth-order valence-corrected chi connectivity index (χ4v) is 2.91. The SMILES string of the molecule is COc1ccc([C@H](CCC(F)(F)F)N2CCNCC2)cc1[N+](=O)[O-]. The van der Waals surface area contributed by atoms with E-state index in [0.717, 1.165) is 0 Å². The smallest absolute Gasteiger partial charge is 0.389 e. The third kappa shape index (κ3) is 4.81. The Balaban J connectivity index is 2.31. The molecule has 0 bridgehead atoms. The molecule has 24 heavy (non-hydrogen) atoms. The van der Waals surface area contributed by atoms with Gasteiger partial charge in [0.2, 0.25) is 0 Å². The number of piperazine rings is 1. The largest absolute Gasteiger partial charge is 0.490 e. The Morgan fingerprint density at radius 3 is 2.58 bits per heavy atom. The van der Waals surface area contributed by atoms with Crippen LogP contribution >= 0.6 is 0 Å². The zero-order valence-electron chi connectivity index (χ0n) is 13.3. The minimum Gasteiger partial charge on any atom is -0.490 e. The fraction of sp³-hybridized carbons (Fsp3) is 0.600. The van der Waals surface area contributed by atoms with Gasteiger partial charge in [0, 0.05) is 44.7 Å². The maximum Gasteiger partial charge on any atom is 0.389 e. The Bertz CT molecular complexity index is 575. The van der Waals surface area contributed by atoms with Crippen molar-refractivity contribution in [3.8, 4) is 5.75 Å². The monoisotopic (exact) mass is 347 g/mol. The van der Waals surface area contributed by atoms with Gasteiger partial charge in [0.1, 0.15) is 0 Å². The second kappa shape index (κ2) is 7.80. The van der Waals surface area contributed by atoms with Crippen LogP contribution in [0.3, 0.4) is 0 Å². The second-order valence-electron chi connectivity index (χ2n) is 5.64. The fourth-order valence-electron chi connectivity index (χ4n) is 2.91. The molecule has 0 aliphatic carbocycles. The molecule has 1 N–H and O–H groups in total. The molecule has 0 spiro atoms. The average Bonchev–Trinajstić information content (AvgIpc) is 2.54. The van der Waals surface area contributed by atoms with E-state index in [4.69, 9.17) is 4.74 Å². The molecule has 0 radical (unpaired) electrons. The van der Waals surface area contributed by atoms with E-state index in [1.165, 1.54) is 19.2 Å². The summed E-state index contributed by atoms with van der Waals surface area (Å²) < 4.78 is 43.0. The number of nitro groups is 1. The standard InChI is InChI=1S/C15H20F3N3O3/c1-24-14-3-2-11(10-13(14)21(22)23)12(4-5-15(16,17)18)20-8-6-19-7-9-20/h2-3,10,12,19H,4-9H2,1H3/t12-/m0/s1. The van der Waals surface area contributed by atoms with Gasteiger partial charge in [-0.25, -0.2) is 0 Å². The van der Waals surface area contributed by atoms with Gasteiger partial charge in [-0.3, -0.25) is 15.0 Å². The van der Waals surface area contributed by atoms with Crippen molar-refractivity contribution in [2.45, 2.75) is 25.1 Å². The number of halogens is 3. The molecular formula is C15H20F3N3O3. The summed E-state index contributed by atoms with van der Waals surface area (Å²) in [5, 5.41) is 14.3. The van der Waals surface area contributed by atoms with Crippen LogP contribution in [0, 0.1) is 10.1 Å². The van der Waals surface area contributed by atoms with E-state index < -0.39 is 23.6 Å². The molecule has 0 unspecified atom stereocenters. The van der Waals surface area contributed by atoms with E-state index in [1.54, 1.807) is 6.07 Å². The molecular weight excluding hydrogens is 327 g/mol. The van der Waals surface area contributed by atoms with Crippen molar-refractivity contribution in [3.63, 3.8) is 0 Å². The Morgan fingerprint density at radius 2 is 2.04 bits per heavy atom. The number of nitro benzene ring substituents is 1. The van der Waals surface area contributed by atoms with Crippen LogP contribution in [0.1, 0.15) is 24.4 Å². The summed E-state index contributed by atoms with van der Waals surface area (Å²) in [6.45, 7) is 2.56. The van der Waals surface area contributed by atoms with Crippen LogP contribution in [0.15, 0.2) is 18.2 Å². The van der Waals surface area contributed by atoms with Crippen LogP contribution in [0.2, 0.25) is 0 Å².